The number of anilines is 1. The summed E-state index contributed by atoms with van der Waals surface area (Å²) >= 11 is 0. The maximum atomic E-state index is 9.87. The Morgan fingerprint density at radius 1 is 0.970 bits per heavy atom. The van der Waals surface area contributed by atoms with Gasteiger partial charge < -0.3 is 14.7 Å². The molecule has 5 rings (SSSR count). The van der Waals surface area contributed by atoms with Gasteiger partial charge in [-0.15, -0.1) is 0 Å². The van der Waals surface area contributed by atoms with Crippen LogP contribution in [0.1, 0.15) is 11.8 Å². The number of hydrogen-bond acceptors (Lipinski definition) is 7. The largest absolute Gasteiger partial charge is 0.394 e. The van der Waals surface area contributed by atoms with Crippen LogP contribution in [-0.2, 0) is 11.3 Å². The highest BCUT2D eigenvalue weighted by atomic mass is 16.5. The SMILES string of the molecule is CN(C)c1ncnc2c1ncn2[C@H]1CN(Cc2ccc(-c3ccccc3)cc2)C[C@@H](CO)O1. The molecule has 0 spiro atoms. The van der Waals surface area contributed by atoms with Gasteiger partial charge in [-0.25, -0.2) is 15.0 Å². The fourth-order valence-electron chi connectivity index (χ4n) is 4.34. The number of imidazole rings is 1. The van der Waals surface area contributed by atoms with E-state index in [0.717, 1.165) is 23.5 Å². The van der Waals surface area contributed by atoms with Crippen LogP contribution >= 0.6 is 0 Å². The molecule has 2 atom stereocenters. The molecule has 1 fully saturated rings. The number of fused-ring (bicyclic) bond motifs is 1. The number of nitrogens with zero attached hydrogens (tertiary/aromatic N) is 6. The summed E-state index contributed by atoms with van der Waals surface area (Å²) < 4.78 is 8.13. The van der Waals surface area contributed by atoms with Crippen molar-refractivity contribution in [3.63, 3.8) is 0 Å². The van der Waals surface area contributed by atoms with Gasteiger partial charge in [-0.3, -0.25) is 9.47 Å². The average molecular weight is 445 g/mol. The van der Waals surface area contributed by atoms with Crippen molar-refractivity contribution in [1.29, 1.82) is 0 Å². The van der Waals surface area contributed by atoms with Gasteiger partial charge in [-0.2, -0.15) is 0 Å². The summed E-state index contributed by atoms with van der Waals surface area (Å²) in [5.41, 5.74) is 5.10. The number of hydrogen-bond donors (Lipinski definition) is 1. The summed E-state index contributed by atoms with van der Waals surface area (Å²) in [6.07, 6.45) is 2.73. The average Bonchev–Trinajstić information content (AvgIpc) is 3.29. The van der Waals surface area contributed by atoms with Crippen LogP contribution in [0.4, 0.5) is 5.82 Å². The molecule has 2 aromatic carbocycles. The highest BCUT2D eigenvalue weighted by Crippen LogP contribution is 2.27. The number of benzene rings is 2. The predicted octanol–water partition coefficient (Wildman–Crippen LogP) is 2.95. The van der Waals surface area contributed by atoms with Crippen LogP contribution in [-0.4, -0.2) is 69.4 Å². The minimum Gasteiger partial charge on any atom is -0.394 e. The molecule has 2 aromatic heterocycles. The van der Waals surface area contributed by atoms with Crippen LogP contribution in [0, 0.1) is 0 Å². The first kappa shape index (κ1) is 21.5. The highest BCUT2D eigenvalue weighted by molar-refractivity contribution is 5.83. The van der Waals surface area contributed by atoms with Crippen LogP contribution in [0.5, 0.6) is 0 Å². The lowest BCUT2D eigenvalue weighted by Gasteiger charge is -2.38. The number of rotatable bonds is 6. The monoisotopic (exact) mass is 444 g/mol. The fourth-order valence-corrected chi connectivity index (χ4v) is 4.34. The third kappa shape index (κ3) is 4.45. The number of aliphatic hydroxyl groups is 1. The van der Waals surface area contributed by atoms with Crippen molar-refractivity contribution in [3.8, 4) is 11.1 Å². The van der Waals surface area contributed by atoms with Gasteiger partial charge in [0.05, 0.1) is 19.0 Å². The van der Waals surface area contributed by atoms with Gasteiger partial charge in [-0.1, -0.05) is 54.6 Å². The number of ether oxygens (including phenoxy) is 1. The summed E-state index contributed by atoms with van der Waals surface area (Å²) in [5.74, 6) is 0.767. The van der Waals surface area contributed by atoms with Crippen LogP contribution in [0.2, 0.25) is 0 Å². The molecule has 8 heteroatoms. The zero-order valence-electron chi connectivity index (χ0n) is 18.9. The molecule has 0 unspecified atom stereocenters. The predicted molar refractivity (Wildman–Crippen MR) is 128 cm³/mol. The van der Waals surface area contributed by atoms with E-state index in [-0.39, 0.29) is 18.9 Å². The molecule has 1 aliphatic heterocycles. The van der Waals surface area contributed by atoms with E-state index in [4.69, 9.17) is 4.74 Å². The van der Waals surface area contributed by atoms with Crippen molar-refractivity contribution in [2.45, 2.75) is 18.9 Å². The van der Waals surface area contributed by atoms with Gasteiger partial charge in [0.1, 0.15) is 12.6 Å². The minimum absolute atomic E-state index is 0.0372. The normalized spacial score (nSPS) is 19.1. The summed E-state index contributed by atoms with van der Waals surface area (Å²) in [6.45, 7) is 2.07. The lowest BCUT2D eigenvalue weighted by Crippen LogP contribution is -2.46. The Morgan fingerprint density at radius 2 is 1.73 bits per heavy atom. The summed E-state index contributed by atoms with van der Waals surface area (Å²) in [4.78, 5) is 17.6. The molecule has 8 nitrogen and oxygen atoms in total. The summed E-state index contributed by atoms with van der Waals surface area (Å²) in [6, 6.07) is 19.0. The van der Waals surface area contributed by atoms with Crippen molar-refractivity contribution in [2.24, 2.45) is 0 Å². The van der Waals surface area contributed by atoms with E-state index < -0.39 is 0 Å². The standard InChI is InChI=1S/C25H28N6O2/c1-29(2)24-23-25(27-16-26-24)31(17-28-23)22-14-30(13-21(15-32)33-22)12-18-8-10-20(11-9-18)19-6-4-3-5-7-19/h3-11,16-17,21-22,32H,12-15H2,1-2H3/t21-,22+/m0/s1. The zero-order chi connectivity index (χ0) is 22.8. The van der Waals surface area contributed by atoms with Crippen molar-refractivity contribution in [2.75, 3.05) is 38.7 Å². The first-order chi connectivity index (χ1) is 16.1. The molecule has 0 amide bonds. The van der Waals surface area contributed by atoms with Gasteiger partial charge in [0.2, 0.25) is 0 Å². The second-order valence-electron chi connectivity index (χ2n) is 8.57. The Morgan fingerprint density at radius 3 is 2.45 bits per heavy atom. The van der Waals surface area contributed by atoms with Crippen LogP contribution in [0.25, 0.3) is 22.3 Å². The minimum atomic E-state index is -0.297. The lowest BCUT2D eigenvalue weighted by atomic mass is 10.0. The summed E-state index contributed by atoms with van der Waals surface area (Å²) in [5, 5.41) is 9.87. The van der Waals surface area contributed by atoms with Gasteiger partial charge in [0.15, 0.2) is 17.0 Å². The van der Waals surface area contributed by atoms with Gasteiger partial charge >= 0.3 is 0 Å². The van der Waals surface area contributed by atoms with Crippen LogP contribution < -0.4 is 4.90 Å². The van der Waals surface area contributed by atoms with E-state index in [0.29, 0.717) is 13.1 Å². The van der Waals surface area contributed by atoms with Gasteiger partial charge in [0.25, 0.3) is 0 Å². The van der Waals surface area contributed by atoms with E-state index in [1.807, 2.05) is 29.6 Å². The number of aliphatic hydroxyl groups excluding tert-OH is 1. The Balaban J connectivity index is 1.36. The third-order valence-corrected chi connectivity index (χ3v) is 5.97. The Kier molecular flexibility index (Phi) is 6.04. The van der Waals surface area contributed by atoms with Gasteiger partial charge in [-0.05, 0) is 16.7 Å². The molecule has 0 aliphatic carbocycles. The van der Waals surface area contributed by atoms with E-state index in [1.165, 1.54) is 16.7 Å². The summed E-state index contributed by atoms with van der Waals surface area (Å²) in [7, 11) is 3.87. The van der Waals surface area contributed by atoms with Crippen molar-refractivity contribution < 1.29 is 9.84 Å². The van der Waals surface area contributed by atoms with Crippen molar-refractivity contribution in [1.82, 2.24) is 24.4 Å². The molecule has 0 saturated carbocycles. The number of aromatic nitrogens is 4. The maximum absolute atomic E-state index is 9.87. The fraction of sp³-hybridized carbons (Fsp3) is 0.320. The van der Waals surface area contributed by atoms with Crippen LogP contribution in [0.3, 0.4) is 0 Å². The Labute approximate surface area is 193 Å². The van der Waals surface area contributed by atoms with Crippen LogP contribution in [0.15, 0.2) is 67.3 Å². The number of morpholine rings is 1. The topological polar surface area (TPSA) is 79.5 Å². The maximum Gasteiger partial charge on any atom is 0.167 e. The molecule has 0 radical (unpaired) electrons. The third-order valence-electron chi connectivity index (χ3n) is 5.97. The molecule has 1 aliphatic rings. The molecule has 1 N–H and O–H groups in total. The lowest BCUT2D eigenvalue weighted by molar-refractivity contribution is -0.135. The second kappa shape index (κ2) is 9.27. The first-order valence-corrected chi connectivity index (χ1v) is 11.1. The molecular formula is C25H28N6O2. The Bertz CT molecular complexity index is 1210. The molecule has 4 aromatic rings. The second-order valence-corrected chi connectivity index (χ2v) is 8.57. The molecule has 1 saturated heterocycles. The molecule has 33 heavy (non-hydrogen) atoms. The van der Waals surface area contributed by atoms with Crippen molar-refractivity contribution >= 4 is 17.0 Å². The van der Waals surface area contributed by atoms with Crippen molar-refractivity contribution in [3.05, 3.63) is 72.8 Å². The van der Waals surface area contributed by atoms with E-state index in [1.54, 1.807) is 12.7 Å². The quantitative estimate of drug-likeness (QED) is 0.490. The molecule has 170 valence electrons. The smallest absolute Gasteiger partial charge is 0.167 e. The van der Waals surface area contributed by atoms with E-state index in [2.05, 4.69) is 68.4 Å². The van der Waals surface area contributed by atoms with E-state index >= 15 is 0 Å². The molecule has 0 bridgehead atoms. The van der Waals surface area contributed by atoms with E-state index in [9.17, 15) is 5.11 Å². The Hall–Kier alpha value is -3.33. The zero-order valence-corrected chi connectivity index (χ0v) is 18.9. The first-order valence-electron chi connectivity index (χ1n) is 11.1. The molecular weight excluding hydrogens is 416 g/mol. The highest BCUT2D eigenvalue weighted by Gasteiger charge is 2.30. The van der Waals surface area contributed by atoms with Gasteiger partial charge in [0, 0.05) is 33.7 Å². The molecule has 3 heterocycles.